The molecule has 2 nitrogen and oxygen atoms in total. The molecule has 0 atom stereocenters. The van der Waals surface area contributed by atoms with Crippen molar-refractivity contribution in [3.63, 3.8) is 0 Å². The Morgan fingerprint density at radius 1 is 0.486 bits per heavy atom. The molecule has 7 aromatic rings. The number of fused-ring (bicyclic) bond motifs is 3. The first-order valence-electron chi connectivity index (χ1n) is 12.6. The van der Waals surface area contributed by atoms with E-state index in [9.17, 15) is 0 Å². The first-order chi connectivity index (χ1) is 18.2. The second kappa shape index (κ2) is 8.69. The van der Waals surface area contributed by atoms with E-state index in [1.165, 1.54) is 21.5 Å². The highest BCUT2D eigenvalue weighted by Crippen LogP contribution is 2.40. The topological polar surface area (TPSA) is 16.4 Å². The molecule has 1 heterocycles. The molecule has 0 N–H and O–H groups in total. The van der Waals surface area contributed by atoms with Crippen LogP contribution < -0.4 is 4.90 Å². The predicted octanol–water partition coefficient (Wildman–Crippen LogP) is 10.2. The average molecular weight is 476 g/mol. The fraction of sp³-hybridized carbons (Fsp3) is 0.0286. The van der Waals surface area contributed by atoms with Crippen LogP contribution >= 0.6 is 0 Å². The third kappa shape index (κ3) is 3.75. The number of aryl methyl sites for hydroxylation is 1. The van der Waals surface area contributed by atoms with Gasteiger partial charge in [0.25, 0.3) is 0 Å². The predicted molar refractivity (Wildman–Crippen MR) is 156 cm³/mol. The monoisotopic (exact) mass is 475 g/mol. The molecule has 0 unspecified atom stereocenters. The van der Waals surface area contributed by atoms with Crippen LogP contribution in [0.15, 0.2) is 138 Å². The molecule has 7 rings (SSSR count). The van der Waals surface area contributed by atoms with Crippen molar-refractivity contribution in [2.75, 3.05) is 4.90 Å². The van der Waals surface area contributed by atoms with Crippen molar-refractivity contribution in [2.24, 2.45) is 0 Å². The zero-order valence-electron chi connectivity index (χ0n) is 20.6. The summed E-state index contributed by atoms with van der Waals surface area (Å²) in [5.41, 5.74) is 6.47. The molecule has 1 aromatic heterocycles. The summed E-state index contributed by atoms with van der Waals surface area (Å²) in [5.74, 6) is 0.917. The van der Waals surface area contributed by atoms with Gasteiger partial charge in [0.1, 0.15) is 11.3 Å². The van der Waals surface area contributed by atoms with E-state index in [0.717, 1.165) is 44.9 Å². The zero-order valence-corrected chi connectivity index (χ0v) is 20.6. The van der Waals surface area contributed by atoms with Gasteiger partial charge in [0.15, 0.2) is 0 Å². The maximum atomic E-state index is 6.33. The van der Waals surface area contributed by atoms with Crippen molar-refractivity contribution >= 4 is 49.6 Å². The van der Waals surface area contributed by atoms with E-state index in [1.54, 1.807) is 0 Å². The normalized spacial score (nSPS) is 11.4. The minimum atomic E-state index is 0.917. The van der Waals surface area contributed by atoms with E-state index in [0.29, 0.717) is 0 Å². The number of benzene rings is 6. The Labute approximate surface area is 216 Å². The Morgan fingerprint density at radius 2 is 1.05 bits per heavy atom. The van der Waals surface area contributed by atoms with Crippen molar-refractivity contribution in [1.82, 2.24) is 0 Å². The Kier molecular flexibility index (Phi) is 5.04. The first kappa shape index (κ1) is 21.5. The number of para-hydroxylation sites is 1. The number of hydrogen-bond donors (Lipinski definition) is 0. The Bertz CT molecular complexity index is 1830. The van der Waals surface area contributed by atoms with Gasteiger partial charge in [-0.05, 0) is 70.9 Å². The Morgan fingerprint density at radius 3 is 1.70 bits per heavy atom. The lowest BCUT2D eigenvalue weighted by molar-refractivity contribution is 0.629. The van der Waals surface area contributed by atoms with Crippen LogP contribution in [-0.4, -0.2) is 0 Å². The summed E-state index contributed by atoms with van der Waals surface area (Å²) in [5, 5.41) is 6.06. The van der Waals surface area contributed by atoms with Gasteiger partial charge in [0, 0.05) is 33.6 Å². The minimum Gasteiger partial charge on any atom is -0.456 e. The van der Waals surface area contributed by atoms with Gasteiger partial charge in [-0.25, -0.2) is 0 Å². The number of hydrogen-bond acceptors (Lipinski definition) is 2. The van der Waals surface area contributed by atoms with E-state index in [1.807, 2.05) is 12.1 Å². The molecule has 0 aliphatic heterocycles. The number of furan rings is 1. The van der Waals surface area contributed by atoms with E-state index in [-0.39, 0.29) is 0 Å². The Hall–Kier alpha value is -4.82. The molecule has 0 spiro atoms. The highest BCUT2D eigenvalue weighted by molar-refractivity contribution is 5.93. The van der Waals surface area contributed by atoms with Gasteiger partial charge in [-0.3, -0.25) is 0 Å². The fourth-order valence-electron chi connectivity index (χ4n) is 5.31. The number of rotatable bonds is 4. The SMILES string of the molecule is Cc1c(-c2cccc(N(c3ccc4ccccc4c3)c3ccc4ccccc4c3)c2)oc2ccccc12. The highest BCUT2D eigenvalue weighted by Gasteiger charge is 2.17. The lowest BCUT2D eigenvalue weighted by atomic mass is 10.0. The quantitative estimate of drug-likeness (QED) is 0.252. The number of anilines is 3. The largest absolute Gasteiger partial charge is 0.456 e. The van der Waals surface area contributed by atoms with E-state index < -0.39 is 0 Å². The maximum Gasteiger partial charge on any atom is 0.138 e. The van der Waals surface area contributed by atoms with Crippen LogP contribution in [0.25, 0.3) is 43.8 Å². The third-order valence-corrected chi connectivity index (χ3v) is 7.19. The fourth-order valence-corrected chi connectivity index (χ4v) is 5.31. The highest BCUT2D eigenvalue weighted by atomic mass is 16.3. The average Bonchev–Trinajstić information content (AvgIpc) is 3.30. The van der Waals surface area contributed by atoms with Crippen molar-refractivity contribution in [3.8, 4) is 11.3 Å². The van der Waals surface area contributed by atoms with E-state index >= 15 is 0 Å². The molecular weight excluding hydrogens is 450 g/mol. The summed E-state index contributed by atoms with van der Waals surface area (Å²) >= 11 is 0. The molecule has 0 amide bonds. The molecule has 0 saturated carbocycles. The second-order valence-electron chi connectivity index (χ2n) is 9.50. The summed E-state index contributed by atoms with van der Waals surface area (Å²) in [4.78, 5) is 2.33. The Balaban J connectivity index is 1.43. The molecule has 6 aromatic carbocycles. The van der Waals surface area contributed by atoms with Crippen molar-refractivity contribution in [3.05, 3.63) is 139 Å². The molecule has 0 fully saturated rings. The van der Waals surface area contributed by atoms with Crippen LogP contribution in [0.5, 0.6) is 0 Å². The van der Waals surface area contributed by atoms with Crippen molar-refractivity contribution in [1.29, 1.82) is 0 Å². The van der Waals surface area contributed by atoms with Crippen molar-refractivity contribution in [2.45, 2.75) is 6.92 Å². The van der Waals surface area contributed by atoms with Gasteiger partial charge in [-0.1, -0.05) is 91.0 Å². The summed E-state index contributed by atoms with van der Waals surface area (Å²) in [6, 6.07) is 47.3. The standard InChI is InChI=1S/C35H25NO/c1-24-33-15-6-7-16-34(33)37-35(24)29-13-8-14-30(23-29)36(31-19-17-25-9-2-4-11-27(25)21-31)32-20-18-26-10-3-5-12-28(26)22-32/h2-23H,1H3. The third-order valence-electron chi connectivity index (χ3n) is 7.19. The van der Waals surface area contributed by atoms with E-state index in [2.05, 4.69) is 133 Å². The first-order valence-corrected chi connectivity index (χ1v) is 12.6. The lowest BCUT2D eigenvalue weighted by Crippen LogP contribution is -2.10. The molecule has 176 valence electrons. The molecule has 0 bridgehead atoms. The van der Waals surface area contributed by atoms with Gasteiger partial charge >= 0.3 is 0 Å². The molecule has 37 heavy (non-hydrogen) atoms. The molecular formula is C35H25NO. The maximum absolute atomic E-state index is 6.33. The molecule has 0 radical (unpaired) electrons. The van der Waals surface area contributed by atoms with Crippen LogP contribution in [0.1, 0.15) is 5.56 Å². The summed E-state index contributed by atoms with van der Waals surface area (Å²) in [6.07, 6.45) is 0. The van der Waals surface area contributed by atoms with Gasteiger partial charge in [0.2, 0.25) is 0 Å². The van der Waals surface area contributed by atoms with Gasteiger partial charge in [-0.2, -0.15) is 0 Å². The van der Waals surface area contributed by atoms with E-state index in [4.69, 9.17) is 4.42 Å². The summed E-state index contributed by atoms with van der Waals surface area (Å²) in [7, 11) is 0. The molecule has 0 saturated heterocycles. The van der Waals surface area contributed by atoms with Gasteiger partial charge in [0.05, 0.1) is 0 Å². The molecule has 2 heteroatoms. The molecule has 0 aliphatic carbocycles. The van der Waals surface area contributed by atoms with Gasteiger partial charge < -0.3 is 9.32 Å². The second-order valence-corrected chi connectivity index (χ2v) is 9.50. The van der Waals surface area contributed by atoms with Gasteiger partial charge in [-0.15, -0.1) is 0 Å². The smallest absolute Gasteiger partial charge is 0.138 e. The summed E-state index contributed by atoms with van der Waals surface area (Å²) in [6.45, 7) is 2.14. The van der Waals surface area contributed by atoms with Crippen molar-refractivity contribution < 1.29 is 4.42 Å². The lowest BCUT2D eigenvalue weighted by Gasteiger charge is -2.26. The van der Waals surface area contributed by atoms with Crippen LogP contribution in [0.3, 0.4) is 0 Å². The molecule has 0 aliphatic rings. The summed E-state index contributed by atoms with van der Waals surface area (Å²) < 4.78 is 6.33. The van der Waals surface area contributed by atoms with Crippen LogP contribution in [-0.2, 0) is 0 Å². The zero-order chi connectivity index (χ0) is 24.8. The number of nitrogens with zero attached hydrogens (tertiary/aromatic N) is 1. The minimum absolute atomic E-state index is 0.917. The van der Waals surface area contributed by atoms with Crippen LogP contribution in [0.4, 0.5) is 17.1 Å². The van der Waals surface area contributed by atoms with Crippen LogP contribution in [0.2, 0.25) is 0 Å². The van der Waals surface area contributed by atoms with Crippen LogP contribution in [0, 0.1) is 6.92 Å².